The molecule has 0 aliphatic carbocycles. The van der Waals surface area contributed by atoms with Gasteiger partial charge in [-0.2, -0.15) is 0 Å². The van der Waals surface area contributed by atoms with E-state index in [2.05, 4.69) is 21.9 Å². The summed E-state index contributed by atoms with van der Waals surface area (Å²) in [7, 11) is 0. The van der Waals surface area contributed by atoms with Crippen LogP contribution in [0.1, 0.15) is 12.0 Å². The zero-order valence-corrected chi connectivity index (χ0v) is 19.0. The normalized spacial score (nSPS) is 15.6. The van der Waals surface area contributed by atoms with Crippen molar-refractivity contribution in [1.29, 1.82) is 0 Å². The average molecular weight is 451 g/mol. The first-order valence-corrected chi connectivity index (χ1v) is 11.9. The number of aromatic hydroxyl groups is 1. The van der Waals surface area contributed by atoms with Crippen LogP contribution in [0.25, 0.3) is 22.3 Å². The highest BCUT2D eigenvalue weighted by molar-refractivity contribution is 7.99. The van der Waals surface area contributed by atoms with Crippen LogP contribution < -0.4 is 4.90 Å². The molecule has 2 heterocycles. The number of anilines is 1. The molecule has 0 radical (unpaired) electrons. The molecule has 166 valence electrons. The van der Waals surface area contributed by atoms with Crippen molar-refractivity contribution < 1.29 is 14.7 Å². The summed E-state index contributed by atoms with van der Waals surface area (Å²) >= 11 is 1.60. The Bertz CT molecular complexity index is 1150. The molecule has 1 aliphatic heterocycles. The number of aryl methyl sites for hydroxylation is 1. The van der Waals surface area contributed by atoms with Crippen LogP contribution in [0.2, 0.25) is 0 Å². The third-order valence-corrected chi connectivity index (χ3v) is 6.79. The highest BCUT2D eigenvalue weighted by Crippen LogP contribution is 2.32. The molecule has 1 aliphatic rings. The van der Waals surface area contributed by atoms with E-state index >= 15 is 0 Å². The number of ketones is 1. The van der Waals surface area contributed by atoms with Gasteiger partial charge in [-0.15, -0.1) is 11.8 Å². The number of nitrogens with zero attached hydrogens (tertiary/aromatic N) is 4. The van der Waals surface area contributed by atoms with Crippen LogP contribution in [-0.4, -0.2) is 69.9 Å². The van der Waals surface area contributed by atoms with Crippen molar-refractivity contribution in [2.45, 2.75) is 18.7 Å². The maximum absolute atomic E-state index is 11.6. The van der Waals surface area contributed by atoms with E-state index in [0.717, 1.165) is 48.5 Å². The summed E-state index contributed by atoms with van der Waals surface area (Å²) in [5.74, 6) is 1.13. The fraction of sp³-hybridized carbons (Fsp3) is 0.333. The third-order valence-electron chi connectivity index (χ3n) is 5.78. The van der Waals surface area contributed by atoms with E-state index in [9.17, 15) is 14.7 Å². The molecule has 1 unspecified atom stereocenters. The lowest BCUT2D eigenvalue weighted by atomic mass is 10.1. The number of aldehydes is 1. The molecule has 0 bridgehead atoms. The molecule has 3 aromatic rings. The quantitative estimate of drug-likeness (QED) is 0.434. The fourth-order valence-electron chi connectivity index (χ4n) is 4.05. The average Bonchev–Trinajstić information content (AvgIpc) is 2.82. The van der Waals surface area contributed by atoms with Crippen LogP contribution in [0.15, 0.2) is 42.5 Å². The molecule has 1 saturated heterocycles. The van der Waals surface area contributed by atoms with E-state index in [0.29, 0.717) is 17.7 Å². The van der Waals surface area contributed by atoms with Gasteiger partial charge in [-0.1, -0.05) is 18.2 Å². The van der Waals surface area contributed by atoms with E-state index < -0.39 is 0 Å². The van der Waals surface area contributed by atoms with Gasteiger partial charge in [0.05, 0.1) is 16.5 Å². The molecule has 8 heteroatoms. The van der Waals surface area contributed by atoms with Gasteiger partial charge >= 0.3 is 0 Å². The molecule has 4 rings (SSSR count). The van der Waals surface area contributed by atoms with Gasteiger partial charge in [-0.25, -0.2) is 9.97 Å². The minimum Gasteiger partial charge on any atom is -0.507 e. The second kappa shape index (κ2) is 9.67. The van der Waals surface area contributed by atoms with Gasteiger partial charge < -0.3 is 10.0 Å². The van der Waals surface area contributed by atoms with Crippen molar-refractivity contribution in [2.75, 3.05) is 37.3 Å². The van der Waals surface area contributed by atoms with Gasteiger partial charge in [0.15, 0.2) is 17.9 Å². The van der Waals surface area contributed by atoms with Crippen molar-refractivity contribution in [1.82, 2.24) is 14.9 Å². The summed E-state index contributed by atoms with van der Waals surface area (Å²) in [6, 6.07) is 13.2. The molecule has 2 aromatic carbocycles. The number of Topliss-reactive ketones (excluding diaryl/α,β-unsaturated/α-hetero) is 1. The molecular formula is C24H26N4O3S. The molecule has 0 saturated carbocycles. The number of para-hydroxylation sites is 1. The lowest BCUT2D eigenvalue weighted by Gasteiger charge is -2.39. The summed E-state index contributed by atoms with van der Waals surface area (Å²) in [6.45, 7) is 5.05. The molecule has 7 nitrogen and oxygen atoms in total. The first-order chi connectivity index (χ1) is 15.5. The first-order valence-electron chi connectivity index (χ1n) is 10.6. The number of aromatic nitrogens is 2. The highest BCUT2D eigenvalue weighted by atomic mass is 32.2. The second-order valence-electron chi connectivity index (χ2n) is 7.91. The van der Waals surface area contributed by atoms with E-state index in [1.54, 1.807) is 23.9 Å². The van der Waals surface area contributed by atoms with E-state index in [-0.39, 0.29) is 23.3 Å². The molecule has 1 atom stereocenters. The standard InChI is InChI=1S/C24H26N4O3S/c1-16-7-8-18-20(13-16)25-23(19-5-3-4-6-21(19)31)26-24(18)28-11-9-27(10-12-28)22(32-2)14-17(30)15-29/h3-8,13,15,22,31H,9-12,14H2,1-2H3. The van der Waals surface area contributed by atoms with E-state index in [1.807, 2.05) is 31.4 Å². The predicted octanol–water partition coefficient (Wildman–Crippen LogP) is 3.28. The Morgan fingerprint density at radius 3 is 2.59 bits per heavy atom. The van der Waals surface area contributed by atoms with Crippen LogP contribution in [0.3, 0.4) is 0 Å². The number of phenolic OH excluding ortho intramolecular Hbond substituents is 1. The van der Waals surface area contributed by atoms with Gasteiger partial charge in [0.1, 0.15) is 11.6 Å². The number of benzene rings is 2. The van der Waals surface area contributed by atoms with Crippen molar-refractivity contribution in [3.63, 3.8) is 0 Å². The maximum atomic E-state index is 11.6. The zero-order chi connectivity index (χ0) is 22.7. The summed E-state index contributed by atoms with van der Waals surface area (Å²) < 4.78 is 0. The monoisotopic (exact) mass is 450 g/mol. The van der Waals surface area contributed by atoms with E-state index in [1.165, 1.54) is 0 Å². The Morgan fingerprint density at radius 2 is 1.91 bits per heavy atom. The van der Waals surface area contributed by atoms with E-state index in [4.69, 9.17) is 9.97 Å². The Hall–Kier alpha value is -2.97. The molecule has 0 amide bonds. The first kappa shape index (κ1) is 22.2. The number of fused-ring (bicyclic) bond motifs is 1. The molecule has 1 N–H and O–H groups in total. The summed E-state index contributed by atoms with van der Waals surface area (Å²) in [4.78, 5) is 36.5. The number of carbonyl (C=O) groups is 2. The van der Waals surface area contributed by atoms with Crippen LogP contribution in [-0.2, 0) is 9.59 Å². The molecule has 1 aromatic heterocycles. The van der Waals surface area contributed by atoms with Gasteiger partial charge in [0.2, 0.25) is 0 Å². The number of rotatable bonds is 7. The van der Waals surface area contributed by atoms with Crippen molar-refractivity contribution in [3.05, 3.63) is 48.0 Å². The van der Waals surface area contributed by atoms with Crippen molar-refractivity contribution >= 4 is 40.6 Å². The number of phenols is 1. The number of hydrogen-bond acceptors (Lipinski definition) is 8. The van der Waals surface area contributed by atoms with Crippen molar-refractivity contribution in [3.8, 4) is 17.1 Å². The van der Waals surface area contributed by atoms with Crippen LogP contribution in [0.5, 0.6) is 5.75 Å². The predicted molar refractivity (Wildman–Crippen MR) is 128 cm³/mol. The molecule has 32 heavy (non-hydrogen) atoms. The van der Waals surface area contributed by atoms with Gasteiger partial charge in [-0.3, -0.25) is 14.5 Å². The lowest BCUT2D eigenvalue weighted by Crippen LogP contribution is -2.50. The number of carbonyl (C=O) groups excluding carboxylic acids is 2. The Morgan fingerprint density at radius 1 is 1.16 bits per heavy atom. The zero-order valence-electron chi connectivity index (χ0n) is 18.2. The number of piperazine rings is 1. The highest BCUT2D eigenvalue weighted by Gasteiger charge is 2.27. The minimum absolute atomic E-state index is 0.00327. The van der Waals surface area contributed by atoms with Gasteiger partial charge in [0, 0.05) is 38.0 Å². The second-order valence-corrected chi connectivity index (χ2v) is 8.93. The third kappa shape index (κ3) is 4.61. The molecule has 0 spiro atoms. The lowest BCUT2D eigenvalue weighted by molar-refractivity contribution is -0.130. The smallest absolute Gasteiger partial charge is 0.197 e. The molecular weight excluding hydrogens is 424 g/mol. The fourth-order valence-corrected chi connectivity index (χ4v) is 4.89. The SMILES string of the molecule is CSC(CC(=O)C=O)N1CCN(c2nc(-c3ccccc3O)nc3cc(C)ccc23)CC1. The topological polar surface area (TPSA) is 86.6 Å². The van der Waals surface area contributed by atoms with Gasteiger partial charge in [-0.05, 0) is 43.0 Å². The summed E-state index contributed by atoms with van der Waals surface area (Å²) in [6.07, 6.45) is 2.61. The Kier molecular flexibility index (Phi) is 6.72. The Balaban J connectivity index is 1.65. The van der Waals surface area contributed by atoms with Crippen molar-refractivity contribution in [2.24, 2.45) is 0 Å². The minimum atomic E-state index is -0.365. The molecule has 1 fully saturated rings. The van der Waals surface area contributed by atoms with Crippen LogP contribution >= 0.6 is 11.8 Å². The van der Waals surface area contributed by atoms with Gasteiger partial charge in [0.25, 0.3) is 0 Å². The van der Waals surface area contributed by atoms with Crippen LogP contribution in [0, 0.1) is 6.92 Å². The summed E-state index contributed by atoms with van der Waals surface area (Å²) in [5, 5.41) is 11.3. The van der Waals surface area contributed by atoms with Crippen LogP contribution in [0.4, 0.5) is 5.82 Å². The number of thioether (sulfide) groups is 1. The maximum Gasteiger partial charge on any atom is 0.197 e. The summed E-state index contributed by atoms with van der Waals surface area (Å²) in [5.41, 5.74) is 2.55. The largest absolute Gasteiger partial charge is 0.507 e. The Labute approximate surface area is 191 Å². The number of hydrogen-bond donors (Lipinski definition) is 1.